The smallest absolute Gasteiger partial charge is 0.295 e. The maximum absolute atomic E-state index is 13.2. The molecule has 2 aliphatic heterocycles. The van der Waals surface area contributed by atoms with E-state index in [0.717, 1.165) is 19.6 Å². The second-order valence-electron chi connectivity index (χ2n) is 8.42. The van der Waals surface area contributed by atoms with Gasteiger partial charge in [0.1, 0.15) is 5.76 Å². The van der Waals surface area contributed by atoms with Gasteiger partial charge < -0.3 is 24.2 Å². The molecular formula is C26H29ClN2O6. The van der Waals surface area contributed by atoms with E-state index < -0.39 is 17.7 Å². The molecule has 0 aliphatic carbocycles. The van der Waals surface area contributed by atoms with Gasteiger partial charge in [0.25, 0.3) is 11.7 Å². The van der Waals surface area contributed by atoms with Crippen molar-refractivity contribution in [1.82, 2.24) is 9.80 Å². The summed E-state index contributed by atoms with van der Waals surface area (Å²) < 4.78 is 16.2. The molecule has 2 aliphatic rings. The average molecular weight is 501 g/mol. The van der Waals surface area contributed by atoms with Gasteiger partial charge in [0, 0.05) is 36.8 Å². The van der Waals surface area contributed by atoms with Crippen LogP contribution in [0, 0.1) is 0 Å². The number of hydrogen-bond donors (Lipinski definition) is 1. The highest BCUT2D eigenvalue weighted by atomic mass is 35.5. The van der Waals surface area contributed by atoms with Crippen LogP contribution in [0.5, 0.6) is 11.5 Å². The first-order valence-electron chi connectivity index (χ1n) is 11.5. The number of carbonyl (C=O) groups excluding carboxylic acids is 2. The van der Waals surface area contributed by atoms with Crippen molar-refractivity contribution in [2.24, 2.45) is 0 Å². The fourth-order valence-electron chi connectivity index (χ4n) is 4.53. The number of rotatable bonds is 8. The number of benzene rings is 2. The number of methoxy groups -OCH3 is 2. The first kappa shape index (κ1) is 25.0. The summed E-state index contributed by atoms with van der Waals surface area (Å²) in [5.41, 5.74) is 1.09. The Morgan fingerprint density at radius 3 is 2.37 bits per heavy atom. The number of nitrogens with zero attached hydrogens (tertiary/aromatic N) is 2. The van der Waals surface area contributed by atoms with Gasteiger partial charge in [-0.25, -0.2) is 0 Å². The highest BCUT2D eigenvalue weighted by Gasteiger charge is 2.46. The van der Waals surface area contributed by atoms with Gasteiger partial charge in [-0.3, -0.25) is 14.5 Å². The van der Waals surface area contributed by atoms with Crippen molar-refractivity contribution in [3.8, 4) is 11.5 Å². The second-order valence-corrected chi connectivity index (χ2v) is 8.86. The van der Waals surface area contributed by atoms with Crippen molar-refractivity contribution >= 4 is 29.1 Å². The summed E-state index contributed by atoms with van der Waals surface area (Å²) in [4.78, 5) is 30.2. The van der Waals surface area contributed by atoms with Crippen molar-refractivity contribution in [3.05, 3.63) is 64.2 Å². The largest absolute Gasteiger partial charge is 0.507 e. The Morgan fingerprint density at radius 2 is 1.71 bits per heavy atom. The monoisotopic (exact) mass is 500 g/mol. The normalized spacial score (nSPS) is 20.3. The van der Waals surface area contributed by atoms with Crippen molar-refractivity contribution in [2.45, 2.75) is 12.5 Å². The minimum absolute atomic E-state index is 0.0379. The number of ketones is 1. The molecule has 0 bridgehead atoms. The van der Waals surface area contributed by atoms with Crippen LogP contribution in [-0.2, 0) is 14.3 Å². The van der Waals surface area contributed by atoms with E-state index in [9.17, 15) is 14.7 Å². The fraction of sp³-hybridized carbons (Fsp3) is 0.385. The van der Waals surface area contributed by atoms with E-state index in [0.29, 0.717) is 53.8 Å². The summed E-state index contributed by atoms with van der Waals surface area (Å²) >= 11 is 5.99. The quantitative estimate of drug-likeness (QED) is 0.337. The number of halogens is 1. The molecule has 0 radical (unpaired) electrons. The van der Waals surface area contributed by atoms with Crippen molar-refractivity contribution in [3.63, 3.8) is 0 Å². The molecule has 0 saturated carbocycles. The Bertz CT molecular complexity index is 1110. The second kappa shape index (κ2) is 11.1. The van der Waals surface area contributed by atoms with Crippen molar-refractivity contribution in [1.29, 1.82) is 0 Å². The molecule has 2 fully saturated rings. The molecule has 9 heteroatoms. The van der Waals surface area contributed by atoms with Gasteiger partial charge in [-0.2, -0.15) is 0 Å². The molecule has 1 N–H and O–H groups in total. The molecule has 8 nitrogen and oxygen atoms in total. The highest BCUT2D eigenvalue weighted by molar-refractivity contribution is 6.46. The molecule has 0 unspecified atom stereocenters. The van der Waals surface area contributed by atoms with Gasteiger partial charge in [-0.15, -0.1) is 0 Å². The Morgan fingerprint density at radius 1 is 1.03 bits per heavy atom. The molecule has 2 aromatic carbocycles. The maximum atomic E-state index is 13.2. The summed E-state index contributed by atoms with van der Waals surface area (Å²) in [6, 6.07) is 11.0. The lowest BCUT2D eigenvalue weighted by molar-refractivity contribution is -0.140. The third-order valence-electron chi connectivity index (χ3n) is 6.36. The zero-order valence-corrected chi connectivity index (χ0v) is 20.6. The van der Waals surface area contributed by atoms with Crippen LogP contribution in [0.15, 0.2) is 48.0 Å². The average Bonchev–Trinajstić information content (AvgIpc) is 3.14. The number of aliphatic hydroxyl groups is 1. The minimum Gasteiger partial charge on any atom is -0.507 e. The van der Waals surface area contributed by atoms with Crippen molar-refractivity contribution in [2.75, 3.05) is 53.6 Å². The number of morpholine rings is 1. The molecule has 2 saturated heterocycles. The van der Waals surface area contributed by atoms with E-state index in [-0.39, 0.29) is 11.3 Å². The number of carbonyl (C=O) groups is 2. The van der Waals surface area contributed by atoms with E-state index in [2.05, 4.69) is 4.90 Å². The van der Waals surface area contributed by atoms with Crippen LogP contribution in [0.4, 0.5) is 0 Å². The van der Waals surface area contributed by atoms with Crippen molar-refractivity contribution < 1.29 is 28.9 Å². The van der Waals surface area contributed by atoms with Crippen LogP contribution in [-0.4, -0.2) is 80.2 Å². The minimum atomic E-state index is -0.768. The summed E-state index contributed by atoms with van der Waals surface area (Å²) in [5.74, 6) is -0.602. The van der Waals surface area contributed by atoms with Gasteiger partial charge in [-0.1, -0.05) is 17.7 Å². The molecule has 1 amide bonds. The van der Waals surface area contributed by atoms with E-state index >= 15 is 0 Å². The molecule has 35 heavy (non-hydrogen) atoms. The van der Waals surface area contributed by atoms with Crippen LogP contribution in [0.1, 0.15) is 23.6 Å². The lowest BCUT2D eigenvalue weighted by Crippen LogP contribution is -2.38. The molecule has 1 atom stereocenters. The number of aliphatic hydroxyl groups excluding tert-OH is 1. The van der Waals surface area contributed by atoms with Crippen LogP contribution >= 0.6 is 11.6 Å². The topological polar surface area (TPSA) is 88.5 Å². The van der Waals surface area contributed by atoms with Crippen LogP contribution in [0.3, 0.4) is 0 Å². The van der Waals surface area contributed by atoms with Gasteiger partial charge >= 0.3 is 0 Å². The van der Waals surface area contributed by atoms with E-state index in [4.69, 9.17) is 25.8 Å². The fourth-order valence-corrected chi connectivity index (χ4v) is 4.66. The van der Waals surface area contributed by atoms with Crippen LogP contribution in [0.2, 0.25) is 5.02 Å². The van der Waals surface area contributed by atoms with E-state index in [1.165, 1.54) is 19.1 Å². The lowest BCUT2D eigenvalue weighted by atomic mass is 9.95. The van der Waals surface area contributed by atoms with Crippen LogP contribution < -0.4 is 9.47 Å². The number of amides is 1. The van der Waals surface area contributed by atoms with Gasteiger partial charge in [0.15, 0.2) is 11.5 Å². The summed E-state index contributed by atoms with van der Waals surface area (Å²) in [6.07, 6.45) is 0.678. The molecule has 2 heterocycles. The highest BCUT2D eigenvalue weighted by Crippen LogP contribution is 2.42. The standard InChI is InChI=1S/C26H29ClN2O6/c1-33-20-9-6-18(16-21(20)34-2)23-22(24(30)17-4-7-19(27)8-5-17)25(31)26(32)29(23)11-3-10-28-12-14-35-15-13-28/h4-9,16,23,30H,3,10-15H2,1-2H3/t23-/m0/s1. The SMILES string of the molecule is COc1ccc([C@H]2C(=C(O)c3ccc(Cl)cc3)C(=O)C(=O)N2CCCN2CCOCC2)cc1OC. The maximum Gasteiger partial charge on any atom is 0.295 e. The Hall–Kier alpha value is -3.07. The predicted molar refractivity (Wildman–Crippen MR) is 132 cm³/mol. The number of ether oxygens (including phenoxy) is 3. The van der Waals surface area contributed by atoms with Gasteiger partial charge in [0.2, 0.25) is 0 Å². The number of hydrogen-bond acceptors (Lipinski definition) is 7. The summed E-state index contributed by atoms with van der Waals surface area (Å²) in [7, 11) is 3.06. The lowest BCUT2D eigenvalue weighted by Gasteiger charge is -2.29. The summed E-state index contributed by atoms with van der Waals surface area (Å²) in [6.45, 7) is 4.21. The molecule has 0 spiro atoms. The van der Waals surface area contributed by atoms with E-state index in [1.54, 1.807) is 42.5 Å². The first-order valence-corrected chi connectivity index (χ1v) is 11.9. The third kappa shape index (κ3) is 5.29. The van der Waals surface area contributed by atoms with Crippen LogP contribution in [0.25, 0.3) is 5.76 Å². The molecule has 0 aromatic heterocycles. The van der Waals surface area contributed by atoms with Gasteiger partial charge in [-0.05, 0) is 48.4 Å². The zero-order chi connectivity index (χ0) is 24.9. The molecular weight excluding hydrogens is 472 g/mol. The predicted octanol–water partition coefficient (Wildman–Crippen LogP) is 3.50. The molecule has 186 valence electrons. The third-order valence-corrected chi connectivity index (χ3v) is 6.61. The number of Topliss-reactive ketones (excluding diaryl/α,β-unsaturated/α-hetero) is 1. The summed E-state index contributed by atoms with van der Waals surface area (Å²) in [5, 5.41) is 11.7. The Kier molecular flexibility index (Phi) is 7.95. The molecule has 4 rings (SSSR count). The Labute approximate surface area is 209 Å². The van der Waals surface area contributed by atoms with Gasteiger partial charge in [0.05, 0.1) is 39.0 Å². The molecule has 2 aromatic rings. The Balaban J connectivity index is 1.71. The zero-order valence-electron chi connectivity index (χ0n) is 19.8. The van der Waals surface area contributed by atoms with E-state index in [1.807, 2.05) is 0 Å². The number of likely N-dealkylation sites (tertiary alicyclic amines) is 1. The first-order chi connectivity index (χ1) is 16.9.